The van der Waals surface area contributed by atoms with Gasteiger partial charge in [-0.05, 0) is 61.7 Å². The SMILES string of the molecule is CCOc1ccc(S(=O)(=O)NCC2(c3cccc(F)c3)CCOCC2)cc1. The molecule has 2 aromatic carbocycles. The molecule has 0 saturated carbocycles. The molecule has 0 unspecified atom stereocenters. The first-order valence-corrected chi connectivity index (χ1v) is 10.5. The Kier molecular flexibility index (Phi) is 6.14. The van der Waals surface area contributed by atoms with Crippen LogP contribution in [0.2, 0.25) is 0 Å². The molecule has 1 heterocycles. The first-order valence-electron chi connectivity index (χ1n) is 9.01. The monoisotopic (exact) mass is 393 g/mol. The van der Waals surface area contributed by atoms with Gasteiger partial charge < -0.3 is 9.47 Å². The number of ether oxygens (including phenoxy) is 2. The third-order valence-electron chi connectivity index (χ3n) is 4.93. The van der Waals surface area contributed by atoms with E-state index in [4.69, 9.17) is 9.47 Å². The molecule has 0 amide bonds. The molecule has 0 bridgehead atoms. The Labute approximate surface area is 159 Å². The number of sulfonamides is 1. The number of halogens is 1. The minimum absolute atomic E-state index is 0.174. The van der Waals surface area contributed by atoms with Crippen LogP contribution >= 0.6 is 0 Å². The van der Waals surface area contributed by atoms with Gasteiger partial charge in [0.05, 0.1) is 11.5 Å². The van der Waals surface area contributed by atoms with Gasteiger partial charge in [0.25, 0.3) is 0 Å². The maximum atomic E-state index is 13.8. The highest BCUT2D eigenvalue weighted by Crippen LogP contribution is 2.35. The lowest BCUT2D eigenvalue weighted by Crippen LogP contribution is -2.44. The highest BCUT2D eigenvalue weighted by atomic mass is 32.2. The van der Waals surface area contributed by atoms with E-state index in [1.807, 2.05) is 13.0 Å². The van der Waals surface area contributed by atoms with E-state index < -0.39 is 15.4 Å². The molecule has 0 spiro atoms. The smallest absolute Gasteiger partial charge is 0.240 e. The fourth-order valence-corrected chi connectivity index (χ4v) is 4.47. The Morgan fingerprint density at radius 2 is 1.85 bits per heavy atom. The fourth-order valence-electron chi connectivity index (χ4n) is 3.35. The minimum atomic E-state index is -3.69. The van der Waals surface area contributed by atoms with Crippen molar-refractivity contribution in [2.24, 2.45) is 0 Å². The second-order valence-electron chi connectivity index (χ2n) is 6.63. The quantitative estimate of drug-likeness (QED) is 0.784. The van der Waals surface area contributed by atoms with Gasteiger partial charge in [0.15, 0.2) is 0 Å². The summed E-state index contributed by atoms with van der Waals surface area (Å²) >= 11 is 0. The van der Waals surface area contributed by atoms with Crippen LogP contribution in [0.4, 0.5) is 4.39 Å². The molecular formula is C20H24FNO4S. The molecule has 0 radical (unpaired) electrons. The molecule has 7 heteroatoms. The van der Waals surface area contributed by atoms with Crippen molar-refractivity contribution in [1.29, 1.82) is 0 Å². The zero-order valence-corrected chi connectivity index (χ0v) is 16.1. The molecular weight excluding hydrogens is 369 g/mol. The summed E-state index contributed by atoms with van der Waals surface area (Å²) in [4.78, 5) is 0.174. The molecule has 2 aromatic rings. The van der Waals surface area contributed by atoms with E-state index in [1.165, 1.54) is 24.3 Å². The van der Waals surface area contributed by atoms with E-state index in [0.717, 1.165) is 5.56 Å². The van der Waals surface area contributed by atoms with Crippen LogP contribution in [0.25, 0.3) is 0 Å². The molecule has 1 aliphatic rings. The largest absolute Gasteiger partial charge is 0.494 e. The Hall–Kier alpha value is -1.96. The molecule has 1 aliphatic heterocycles. The lowest BCUT2D eigenvalue weighted by atomic mass is 9.74. The second kappa shape index (κ2) is 8.37. The summed E-state index contributed by atoms with van der Waals surface area (Å²) in [5, 5.41) is 0. The third-order valence-corrected chi connectivity index (χ3v) is 6.35. The first-order chi connectivity index (χ1) is 13.0. The lowest BCUT2D eigenvalue weighted by molar-refractivity contribution is 0.0516. The number of benzene rings is 2. The van der Waals surface area contributed by atoms with Crippen molar-refractivity contribution in [2.75, 3.05) is 26.4 Å². The highest BCUT2D eigenvalue weighted by molar-refractivity contribution is 7.89. The van der Waals surface area contributed by atoms with Gasteiger partial charge in [-0.15, -0.1) is 0 Å². The topological polar surface area (TPSA) is 64.6 Å². The summed E-state index contributed by atoms with van der Waals surface area (Å²) in [6, 6.07) is 12.7. The van der Waals surface area contributed by atoms with Crippen molar-refractivity contribution < 1.29 is 22.3 Å². The van der Waals surface area contributed by atoms with E-state index in [2.05, 4.69) is 4.72 Å². The van der Waals surface area contributed by atoms with Crippen LogP contribution in [0.5, 0.6) is 5.75 Å². The van der Waals surface area contributed by atoms with E-state index >= 15 is 0 Å². The van der Waals surface area contributed by atoms with E-state index in [1.54, 1.807) is 18.2 Å². The fraction of sp³-hybridized carbons (Fsp3) is 0.400. The van der Waals surface area contributed by atoms with Gasteiger partial charge in [0.1, 0.15) is 11.6 Å². The number of hydrogen-bond donors (Lipinski definition) is 1. The average Bonchev–Trinajstić information content (AvgIpc) is 2.68. The van der Waals surface area contributed by atoms with Gasteiger partial charge in [0.2, 0.25) is 10.0 Å². The van der Waals surface area contributed by atoms with E-state index in [9.17, 15) is 12.8 Å². The van der Waals surface area contributed by atoms with Crippen molar-refractivity contribution in [1.82, 2.24) is 4.72 Å². The zero-order valence-electron chi connectivity index (χ0n) is 15.3. The molecule has 1 N–H and O–H groups in total. The van der Waals surface area contributed by atoms with E-state index in [0.29, 0.717) is 38.4 Å². The summed E-state index contributed by atoms with van der Waals surface area (Å²) < 4.78 is 52.7. The van der Waals surface area contributed by atoms with Crippen molar-refractivity contribution in [2.45, 2.75) is 30.1 Å². The Morgan fingerprint density at radius 3 is 2.48 bits per heavy atom. The Bertz CT molecular complexity index is 862. The van der Waals surface area contributed by atoms with Gasteiger partial charge in [-0.3, -0.25) is 0 Å². The lowest BCUT2D eigenvalue weighted by Gasteiger charge is -2.37. The summed E-state index contributed by atoms with van der Waals surface area (Å²) in [6.07, 6.45) is 1.25. The Balaban J connectivity index is 1.80. The van der Waals surface area contributed by atoms with Crippen LogP contribution in [0.15, 0.2) is 53.4 Å². The molecule has 0 atom stereocenters. The summed E-state index contributed by atoms with van der Waals surface area (Å²) in [5.41, 5.74) is 0.304. The number of hydrogen-bond acceptors (Lipinski definition) is 4. The van der Waals surface area contributed by atoms with E-state index in [-0.39, 0.29) is 17.3 Å². The van der Waals surface area contributed by atoms with Crippen LogP contribution in [-0.4, -0.2) is 34.8 Å². The molecule has 0 aromatic heterocycles. The normalized spacial score (nSPS) is 16.8. The summed E-state index contributed by atoms with van der Waals surface area (Å²) in [6.45, 7) is 3.60. The standard InChI is InChI=1S/C20H24FNO4S/c1-2-26-18-6-8-19(9-7-18)27(23,24)22-15-20(10-12-25-13-11-20)16-4-3-5-17(21)14-16/h3-9,14,22H,2,10-13,15H2,1H3. The Morgan fingerprint density at radius 1 is 1.15 bits per heavy atom. The van der Waals surface area contributed by atoms with Crippen LogP contribution in [0, 0.1) is 5.82 Å². The maximum Gasteiger partial charge on any atom is 0.240 e. The van der Waals surface area contributed by atoms with Crippen molar-refractivity contribution in [3.05, 3.63) is 59.9 Å². The minimum Gasteiger partial charge on any atom is -0.494 e. The van der Waals surface area contributed by atoms with Gasteiger partial charge in [0, 0.05) is 25.2 Å². The third kappa shape index (κ3) is 4.66. The predicted octanol–water partition coefficient (Wildman–Crippen LogP) is 3.25. The predicted molar refractivity (Wildman–Crippen MR) is 101 cm³/mol. The first kappa shape index (κ1) is 19.8. The van der Waals surface area contributed by atoms with Crippen molar-refractivity contribution in [3.63, 3.8) is 0 Å². The van der Waals surface area contributed by atoms with Gasteiger partial charge in [-0.2, -0.15) is 0 Å². The average molecular weight is 393 g/mol. The molecule has 0 aliphatic carbocycles. The van der Waals surface area contributed by atoms with Crippen molar-refractivity contribution >= 4 is 10.0 Å². The molecule has 146 valence electrons. The molecule has 3 rings (SSSR count). The summed E-state index contributed by atoms with van der Waals surface area (Å²) in [7, 11) is -3.69. The summed E-state index contributed by atoms with van der Waals surface area (Å²) in [5.74, 6) is 0.296. The van der Waals surface area contributed by atoms with Crippen LogP contribution in [0.1, 0.15) is 25.3 Å². The van der Waals surface area contributed by atoms with Gasteiger partial charge in [-0.1, -0.05) is 12.1 Å². The molecule has 1 saturated heterocycles. The maximum absolute atomic E-state index is 13.8. The zero-order chi connectivity index (χ0) is 19.3. The highest BCUT2D eigenvalue weighted by Gasteiger charge is 2.36. The molecule has 5 nitrogen and oxygen atoms in total. The number of rotatable bonds is 7. The number of nitrogens with one attached hydrogen (secondary N) is 1. The van der Waals surface area contributed by atoms with Crippen molar-refractivity contribution in [3.8, 4) is 5.75 Å². The van der Waals surface area contributed by atoms with Gasteiger partial charge in [-0.25, -0.2) is 17.5 Å². The van der Waals surface area contributed by atoms with Crippen LogP contribution < -0.4 is 9.46 Å². The van der Waals surface area contributed by atoms with Gasteiger partial charge >= 0.3 is 0 Å². The molecule has 27 heavy (non-hydrogen) atoms. The second-order valence-corrected chi connectivity index (χ2v) is 8.40. The van der Waals surface area contributed by atoms with Crippen LogP contribution in [-0.2, 0) is 20.2 Å². The molecule has 1 fully saturated rings. The van der Waals surface area contributed by atoms with Crippen LogP contribution in [0.3, 0.4) is 0 Å².